The first-order valence-electron chi connectivity index (χ1n) is 6.42. The minimum absolute atomic E-state index is 0.251. The second-order valence-electron chi connectivity index (χ2n) is 4.65. The second-order valence-corrected chi connectivity index (χ2v) is 6.30. The van der Waals surface area contributed by atoms with Crippen LogP contribution in [0.5, 0.6) is 0 Å². The van der Waals surface area contributed by atoms with E-state index in [-0.39, 0.29) is 6.54 Å². The van der Waals surface area contributed by atoms with Crippen molar-refractivity contribution in [2.75, 3.05) is 6.54 Å². The Morgan fingerprint density at radius 1 is 1.21 bits per heavy atom. The molecule has 4 nitrogen and oxygen atoms in total. The third-order valence-electron chi connectivity index (χ3n) is 3.27. The summed E-state index contributed by atoms with van der Waals surface area (Å²) in [5, 5.41) is 1.17. The molecule has 0 aromatic heterocycles. The summed E-state index contributed by atoms with van der Waals surface area (Å²) >= 11 is 0. The monoisotopic (exact) mass is 282 g/mol. The van der Waals surface area contributed by atoms with E-state index < -0.39 is 15.6 Å². The van der Waals surface area contributed by atoms with Gasteiger partial charge in [0.25, 0.3) is 0 Å². The molecule has 1 rings (SSSR count). The fourth-order valence-corrected chi connectivity index (χ4v) is 2.45. The summed E-state index contributed by atoms with van der Waals surface area (Å²) in [7, 11) is -3.44. The maximum Gasteiger partial charge on any atom is 0.233 e. The highest BCUT2D eigenvalue weighted by Gasteiger charge is 2.21. The van der Waals surface area contributed by atoms with Gasteiger partial charge in [0.2, 0.25) is 10.0 Å². The maximum absolute atomic E-state index is 11.8. The number of benzene rings is 1. The first kappa shape index (κ1) is 15.9. The van der Waals surface area contributed by atoms with E-state index in [1.54, 1.807) is 6.08 Å². The third-order valence-corrected chi connectivity index (χ3v) is 4.31. The van der Waals surface area contributed by atoms with Crippen LogP contribution in [0, 0.1) is 0 Å². The highest BCUT2D eigenvalue weighted by molar-refractivity contribution is 7.92. The molecule has 0 spiro atoms. The molecule has 0 amide bonds. The largest absolute Gasteiger partial charge is 0.324 e. The summed E-state index contributed by atoms with van der Waals surface area (Å²) in [5.41, 5.74) is 6.43. The molecule has 0 aliphatic heterocycles. The van der Waals surface area contributed by atoms with Crippen LogP contribution in [-0.2, 0) is 10.0 Å². The molecule has 19 heavy (non-hydrogen) atoms. The number of nitrogens with one attached hydrogen (secondary N) is 1. The first-order valence-corrected chi connectivity index (χ1v) is 7.97. The zero-order valence-electron chi connectivity index (χ0n) is 11.5. The molecular weight excluding hydrogens is 260 g/mol. The Morgan fingerprint density at radius 2 is 1.79 bits per heavy atom. The summed E-state index contributed by atoms with van der Waals surface area (Å²) in [6, 6.07) is 9.29. The highest BCUT2D eigenvalue weighted by atomic mass is 32.2. The van der Waals surface area contributed by atoms with Crippen molar-refractivity contribution in [3.8, 4) is 0 Å². The lowest BCUT2D eigenvalue weighted by Gasteiger charge is -2.26. The van der Waals surface area contributed by atoms with E-state index in [2.05, 4.69) is 4.72 Å². The molecule has 0 atom stereocenters. The Hall–Kier alpha value is -1.17. The average Bonchev–Trinajstić information content (AvgIpc) is 2.44. The van der Waals surface area contributed by atoms with Gasteiger partial charge in [-0.3, -0.25) is 0 Å². The van der Waals surface area contributed by atoms with Gasteiger partial charge >= 0.3 is 0 Å². The van der Waals surface area contributed by atoms with Gasteiger partial charge in [-0.2, -0.15) is 0 Å². The van der Waals surface area contributed by atoms with Crippen LogP contribution in [0.15, 0.2) is 35.7 Å². The summed E-state index contributed by atoms with van der Waals surface area (Å²) < 4.78 is 26.2. The van der Waals surface area contributed by atoms with Crippen molar-refractivity contribution in [2.24, 2.45) is 5.73 Å². The van der Waals surface area contributed by atoms with Crippen LogP contribution in [0.25, 0.3) is 6.08 Å². The van der Waals surface area contributed by atoms with Gasteiger partial charge in [0.1, 0.15) is 0 Å². The van der Waals surface area contributed by atoms with Gasteiger partial charge in [-0.15, -0.1) is 0 Å². The van der Waals surface area contributed by atoms with Gasteiger partial charge in [0.05, 0.1) is 0 Å². The van der Waals surface area contributed by atoms with Crippen LogP contribution in [0.2, 0.25) is 0 Å². The summed E-state index contributed by atoms with van der Waals surface area (Å²) in [6.45, 7) is 4.16. The molecular formula is C14H22N2O2S. The summed E-state index contributed by atoms with van der Waals surface area (Å²) in [6.07, 6.45) is 3.03. The molecule has 1 aromatic rings. The zero-order chi connectivity index (χ0) is 14.4. The molecule has 0 aliphatic carbocycles. The molecule has 0 saturated heterocycles. The molecule has 3 N–H and O–H groups in total. The van der Waals surface area contributed by atoms with Crippen LogP contribution in [0.3, 0.4) is 0 Å². The fourth-order valence-electron chi connectivity index (χ4n) is 1.52. The zero-order valence-corrected chi connectivity index (χ0v) is 12.3. The number of rotatable bonds is 7. The molecule has 0 fully saturated rings. The number of hydrogen-bond donors (Lipinski definition) is 2. The SMILES string of the molecule is CCC(N)(CC)CNS(=O)(=O)C=Cc1ccccc1. The smallest absolute Gasteiger partial charge is 0.233 e. The molecule has 1 aromatic carbocycles. The van der Waals surface area contributed by atoms with Gasteiger partial charge in [0.15, 0.2) is 0 Å². The topological polar surface area (TPSA) is 72.2 Å². The van der Waals surface area contributed by atoms with Crippen molar-refractivity contribution in [1.82, 2.24) is 4.72 Å². The van der Waals surface area contributed by atoms with E-state index in [9.17, 15) is 8.42 Å². The van der Waals surface area contributed by atoms with Crippen LogP contribution >= 0.6 is 0 Å². The molecule has 0 saturated carbocycles. The predicted octanol–water partition coefficient (Wildman–Crippen LogP) is 2.09. The third kappa shape index (κ3) is 5.55. The molecule has 5 heteroatoms. The Balaban J connectivity index is 2.65. The van der Waals surface area contributed by atoms with Crippen molar-refractivity contribution in [1.29, 1.82) is 0 Å². The van der Waals surface area contributed by atoms with Crippen LogP contribution in [0.1, 0.15) is 32.3 Å². The minimum atomic E-state index is -3.44. The van der Waals surface area contributed by atoms with Crippen molar-refractivity contribution >= 4 is 16.1 Å². The van der Waals surface area contributed by atoms with E-state index in [1.807, 2.05) is 44.2 Å². The number of hydrogen-bond acceptors (Lipinski definition) is 3. The molecule has 0 radical (unpaired) electrons. The predicted molar refractivity (Wildman–Crippen MR) is 79.9 cm³/mol. The van der Waals surface area contributed by atoms with Gasteiger partial charge < -0.3 is 5.73 Å². The maximum atomic E-state index is 11.8. The standard InChI is InChI=1S/C14H22N2O2S/c1-3-14(15,4-2)12-16-19(17,18)11-10-13-8-6-5-7-9-13/h5-11,16H,3-4,12,15H2,1-2H3. The number of sulfonamides is 1. The van der Waals surface area contributed by atoms with E-state index in [0.717, 1.165) is 18.4 Å². The average molecular weight is 282 g/mol. The number of nitrogens with two attached hydrogens (primary N) is 1. The summed E-state index contributed by atoms with van der Waals surface area (Å²) in [4.78, 5) is 0. The Kier molecular flexibility index (Phi) is 5.72. The minimum Gasteiger partial charge on any atom is -0.324 e. The van der Waals surface area contributed by atoms with Crippen molar-refractivity contribution in [2.45, 2.75) is 32.2 Å². The van der Waals surface area contributed by atoms with Crippen LogP contribution in [0.4, 0.5) is 0 Å². The molecule has 0 unspecified atom stereocenters. The summed E-state index contributed by atoms with van der Waals surface area (Å²) in [5.74, 6) is 0. The lowest BCUT2D eigenvalue weighted by atomic mass is 9.95. The van der Waals surface area contributed by atoms with Crippen molar-refractivity contribution < 1.29 is 8.42 Å². The quantitative estimate of drug-likeness (QED) is 0.804. The van der Waals surface area contributed by atoms with Crippen molar-refractivity contribution in [3.05, 3.63) is 41.3 Å². The molecule has 106 valence electrons. The van der Waals surface area contributed by atoms with Crippen LogP contribution < -0.4 is 10.5 Å². The van der Waals surface area contributed by atoms with Gasteiger partial charge in [-0.1, -0.05) is 44.2 Å². The Morgan fingerprint density at radius 3 is 2.32 bits per heavy atom. The van der Waals surface area contributed by atoms with Crippen molar-refractivity contribution in [3.63, 3.8) is 0 Å². The lowest BCUT2D eigenvalue weighted by molar-refractivity contribution is 0.392. The van der Waals surface area contributed by atoms with E-state index >= 15 is 0 Å². The van der Waals surface area contributed by atoms with E-state index in [4.69, 9.17) is 5.73 Å². The van der Waals surface area contributed by atoms with E-state index in [1.165, 1.54) is 5.41 Å². The first-order chi connectivity index (χ1) is 8.91. The van der Waals surface area contributed by atoms with Gasteiger partial charge in [-0.05, 0) is 24.5 Å². The highest BCUT2D eigenvalue weighted by Crippen LogP contribution is 2.10. The van der Waals surface area contributed by atoms with E-state index in [0.29, 0.717) is 0 Å². The Labute approximate surface area is 115 Å². The second kappa shape index (κ2) is 6.84. The normalized spacial score (nSPS) is 13.0. The van der Waals surface area contributed by atoms with Gasteiger partial charge in [0, 0.05) is 17.5 Å². The van der Waals surface area contributed by atoms with Gasteiger partial charge in [-0.25, -0.2) is 13.1 Å². The van der Waals surface area contributed by atoms with Crippen LogP contribution in [-0.4, -0.2) is 20.5 Å². The molecule has 0 aliphatic rings. The molecule has 0 bridgehead atoms. The Bertz CT molecular complexity index is 506. The molecule has 0 heterocycles. The lowest BCUT2D eigenvalue weighted by Crippen LogP contribution is -2.48. The fraction of sp³-hybridized carbons (Fsp3) is 0.429.